The van der Waals surface area contributed by atoms with E-state index in [0.29, 0.717) is 24.7 Å². The average Bonchev–Trinajstić information content (AvgIpc) is 2.56. The summed E-state index contributed by atoms with van der Waals surface area (Å²) < 4.78 is 17.4. The Labute approximate surface area is 136 Å². The minimum atomic E-state index is -2.61. The van der Waals surface area contributed by atoms with Crippen LogP contribution in [-0.4, -0.2) is 52.3 Å². The summed E-state index contributed by atoms with van der Waals surface area (Å²) >= 11 is 0. The number of aromatic nitrogens is 1. The van der Waals surface area contributed by atoms with Crippen LogP contribution in [0.25, 0.3) is 0 Å². The number of pyridine rings is 1. The summed E-state index contributed by atoms with van der Waals surface area (Å²) in [7, 11) is 2.02. The number of nitrogens with zero attached hydrogens (tertiary/aromatic N) is 1. The van der Waals surface area contributed by atoms with Crippen molar-refractivity contribution in [3.8, 4) is 5.75 Å². The van der Waals surface area contributed by atoms with Gasteiger partial charge in [0.1, 0.15) is 6.54 Å². The number of carbonyl (C=O) groups is 1. The van der Waals surface area contributed by atoms with Crippen molar-refractivity contribution in [2.75, 3.05) is 27.9 Å². The van der Waals surface area contributed by atoms with Gasteiger partial charge in [0.05, 0.1) is 5.69 Å². The molecule has 0 atom stereocenters. The van der Waals surface area contributed by atoms with Crippen LogP contribution in [-0.2, 0) is 24.6 Å². The monoisotopic (exact) mass is 344 g/mol. The Kier molecular flexibility index (Phi) is 7.43. The fourth-order valence-corrected chi connectivity index (χ4v) is 3.86. The van der Waals surface area contributed by atoms with Crippen LogP contribution in [0, 0.1) is 6.92 Å². The summed E-state index contributed by atoms with van der Waals surface area (Å²) in [6.07, 6.45) is 2.14. The molecule has 0 unspecified atom stereocenters. The molecule has 9 heteroatoms. The van der Waals surface area contributed by atoms with Gasteiger partial charge in [-0.15, -0.1) is 0 Å². The molecule has 1 aromatic rings. The molecule has 0 fully saturated rings. The fourth-order valence-electron chi connectivity index (χ4n) is 2.13. The van der Waals surface area contributed by atoms with E-state index in [2.05, 4.69) is 5.32 Å². The lowest BCUT2D eigenvalue weighted by atomic mass is 10.3. The van der Waals surface area contributed by atoms with Crippen LogP contribution < -0.4 is 10.7 Å². The highest BCUT2D eigenvalue weighted by Gasteiger charge is 2.36. The predicted octanol–water partition coefficient (Wildman–Crippen LogP) is 0.247. The maximum absolute atomic E-state index is 11.9. The van der Waals surface area contributed by atoms with Gasteiger partial charge in [-0.1, -0.05) is 0 Å². The molecular formula is C14H24N2O6Si. The van der Waals surface area contributed by atoms with E-state index in [0.717, 1.165) is 0 Å². The second kappa shape index (κ2) is 8.82. The molecule has 1 rings (SSSR count). The topological polar surface area (TPSA) is 99.0 Å². The van der Waals surface area contributed by atoms with Crippen LogP contribution in [0.3, 0.4) is 0 Å². The van der Waals surface area contributed by atoms with Crippen LogP contribution in [0.2, 0.25) is 6.04 Å². The molecule has 0 saturated carbocycles. The molecule has 1 aromatic heterocycles. The molecule has 0 bridgehead atoms. The summed E-state index contributed by atoms with van der Waals surface area (Å²) in [5, 5.41) is 12.4. The van der Waals surface area contributed by atoms with Crippen molar-refractivity contribution < 1.29 is 23.2 Å². The fraction of sp³-hybridized carbons (Fsp3) is 0.571. The number of amides is 1. The first-order chi connectivity index (χ1) is 10.9. The van der Waals surface area contributed by atoms with Crippen molar-refractivity contribution in [3.05, 3.63) is 28.2 Å². The van der Waals surface area contributed by atoms with Gasteiger partial charge < -0.3 is 28.3 Å². The molecule has 130 valence electrons. The quantitative estimate of drug-likeness (QED) is 0.492. The zero-order valence-electron chi connectivity index (χ0n) is 13.9. The molecule has 0 aliphatic carbocycles. The van der Waals surface area contributed by atoms with Crippen molar-refractivity contribution in [2.45, 2.75) is 25.9 Å². The Hall–Kier alpha value is -1.68. The minimum absolute atomic E-state index is 0.0288. The second-order valence-electron chi connectivity index (χ2n) is 4.99. The summed E-state index contributed by atoms with van der Waals surface area (Å²) in [6, 6.07) is 1.82. The Morgan fingerprint density at radius 2 is 1.91 bits per heavy atom. The molecule has 2 N–H and O–H groups in total. The molecule has 0 radical (unpaired) electrons. The SMILES string of the molecule is CO[Si](CCCNC(=O)Cn1ccc(=O)c(O)c1C)(OC)OC. The summed E-state index contributed by atoms with van der Waals surface area (Å²) in [4.78, 5) is 23.2. The third kappa shape index (κ3) is 5.17. The van der Waals surface area contributed by atoms with E-state index in [-0.39, 0.29) is 18.2 Å². The van der Waals surface area contributed by atoms with E-state index in [9.17, 15) is 14.7 Å². The first-order valence-electron chi connectivity index (χ1n) is 7.20. The standard InChI is InChI=1S/C14H24N2O6Si/c1-11-14(19)12(17)6-8-16(11)10-13(18)15-7-5-9-23(20-2,21-3)22-4/h6,8,19H,5,7,9-10H2,1-4H3,(H,15,18). The van der Waals surface area contributed by atoms with E-state index in [1.165, 1.54) is 16.8 Å². The lowest BCUT2D eigenvalue weighted by Gasteiger charge is -2.24. The van der Waals surface area contributed by atoms with Crippen molar-refractivity contribution in [1.82, 2.24) is 9.88 Å². The number of aromatic hydroxyl groups is 1. The number of hydrogen-bond acceptors (Lipinski definition) is 6. The predicted molar refractivity (Wildman–Crippen MR) is 86.3 cm³/mol. The highest BCUT2D eigenvalue weighted by atomic mass is 28.4. The Balaban J connectivity index is 2.47. The third-order valence-electron chi connectivity index (χ3n) is 3.64. The molecule has 0 aromatic carbocycles. The first-order valence-corrected chi connectivity index (χ1v) is 9.13. The highest BCUT2D eigenvalue weighted by molar-refractivity contribution is 6.60. The highest BCUT2D eigenvalue weighted by Crippen LogP contribution is 2.14. The van der Waals surface area contributed by atoms with E-state index in [1.54, 1.807) is 28.3 Å². The van der Waals surface area contributed by atoms with E-state index < -0.39 is 14.2 Å². The smallest absolute Gasteiger partial charge is 0.500 e. The molecule has 0 aliphatic rings. The van der Waals surface area contributed by atoms with Gasteiger partial charge in [0, 0.05) is 46.2 Å². The van der Waals surface area contributed by atoms with Crippen molar-refractivity contribution in [2.24, 2.45) is 0 Å². The number of carbonyl (C=O) groups excluding carboxylic acids is 1. The third-order valence-corrected chi connectivity index (χ3v) is 6.47. The maximum Gasteiger partial charge on any atom is 0.500 e. The van der Waals surface area contributed by atoms with Gasteiger partial charge in [0.15, 0.2) is 5.75 Å². The molecule has 0 saturated heterocycles. The largest absolute Gasteiger partial charge is 0.503 e. The normalized spacial score (nSPS) is 11.5. The molecule has 0 aliphatic heterocycles. The van der Waals surface area contributed by atoms with E-state index >= 15 is 0 Å². The number of nitrogens with one attached hydrogen (secondary N) is 1. The summed E-state index contributed by atoms with van der Waals surface area (Å²) in [6.45, 7) is 2.07. The Morgan fingerprint density at radius 1 is 1.30 bits per heavy atom. The van der Waals surface area contributed by atoms with Crippen molar-refractivity contribution in [3.63, 3.8) is 0 Å². The molecule has 23 heavy (non-hydrogen) atoms. The maximum atomic E-state index is 11.9. The van der Waals surface area contributed by atoms with Crippen LogP contribution in [0.5, 0.6) is 5.75 Å². The Morgan fingerprint density at radius 3 is 2.48 bits per heavy atom. The number of hydrogen-bond donors (Lipinski definition) is 2. The van der Waals surface area contributed by atoms with Gasteiger partial charge in [-0.05, 0) is 13.3 Å². The van der Waals surface area contributed by atoms with Crippen LogP contribution >= 0.6 is 0 Å². The Bertz CT molecular complexity index is 577. The van der Waals surface area contributed by atoms with Crippen LogP contribution in [0.1, 0.15) is 12.1 Å². The van der Waals surface area contributed by atoms with Gasteiger partial charge in [-0.2, -0.15) is 0 Å². The molecule has 8 nitrogen and oxygen atoms in total. The van der Waals surface area contributed by atoms with Gasteiger partial charge in [0.25, 0.3) is 0 Å². The van der Waals surface area contributed by atoms with E-state index in [4.69, 9.17) is 13.3 Å². The summed E-state index contributed by atoms with van der Waals surface area (Å²) in [5.74, 6) is -0.549. The van der Waals surface area contributed by atoms with Crippen LogP contribution in [0.4, 0.5) is 0 Å². The van der Waals surface area contributed by atoms with Crippen molar-refractivity contribution >= 4 is 14.7 Å². The van der Waals surface area contributed by atoms with Gasteiger partial charge >= 0.3 is 8.80 Å². The lowest BCUT2D eigenvalue weighted by Crippen LogP contribution is -2.43. The zero-order chi connectivity index (χ0) is 17.5. The molecular weight excluding hydrogens is 320 g/mol. The van der Waals surface area contributed by atoms with Gasteiger partial charge in [0.2, 0.25) is 11.3 Å². The molecule has 1 amide bonds. The lowest BCUT2D eigenvalue weighted by molar-refractivity contribution is -0.121. The average molecular weight is 344 g/mol. The molecule has 0 spiro atoms. The van der Waals surface area contributed by atoms with Gasteiger partial charge in [-0.25, -0.2) is 0 Å². The minimum Gasteiger partial charge on any atom is -0.503 e. The van der Waals surface area contributed by atoms with Gasteiger partial charge in [-0.3, -0.25) is 9.59 Å². The van der Waals surface area contributed by atoms with Crippen molar-refractivity contribution in [1.29, 1.82) is 0 Å². The second-order valence-corrected chi connectivity index (χ2v) is 8.08. The number of rotatable bonds is 9. The summed E-state index contributed by atoms with van der Waals surface area (Å²) in [5.41, 5.74) is -0.101. The van der Waals surface area contributed by atoms with E-state index in [1.807, 2.05) is 0 Å². The molecule has 1 heterocycles. The zero-order valence-corrected chi connectivity index (χ0v) is 14.9. The van der Waals surface area contributed by atoms with Crippen LogP contribution in [0.15, 0.2) is 17.1 Å². The first kappa shape index (κ1) is 19.4.